The molecule has 2 heterocycles. The van der Waals surface area contributed by atoms with Crippen LogP contribution in [0.5, 0.6) is 5.75 Å². The number of carbonyl (C=O) groups excluding carboxylic acids is 1. The first kappa shape index (κ1) is 25.7. The van der Waals surface area contributed by atoms with Crippen LogP contribution in [-0.2, 0) is 11.2 Å². The minimum absolute atomic E-state index is 0.0821. The Balaban J connectivity index is 1.70. The van der Waals surface area contributed by atoms with Crippen molar-refractivity contribution in [3.05, 3.63) is 51.7 Å². The van der Waals surface area contributed by atoms with Gasteiger partial charge in [-0.1, -0.05) is 46.2 Å². The van der Waals surface area contributed by atoms with E-state index in [9.17, 15) is 9.90 Å². The summed E-state index contributed by atoms with van der Waals surface area (Å²) in [5.74, 6) is 1.44. The fraction of sp³-hybridized carbons (Fsp3) is 0.593. The molecule has 0 bridgehead atoms. The van der Waals surface area contributed by atoms with Crippen molar-refractivity contribution >= 4 is 17.2 Å². The van der Waals surface area contributed by atoms with Crippen molar-refractivity contribution in [3.8, 4) is 5.75 Å². The third-order valence-electron chi connectivity index (χ3n) is 6.36. The van der Waals surface area contributed by atoms with E-state index in [0.717, 1.165) is 38.0 Å². The molecule has 1 aromatic heterocycles. The van der Waals surface area contributed by atoms with Crippen LogP contribution in [0.15, 0.2) is 35.7 Å². The van der Waals surface area contributed by atoms with Gasteiger partial charge < -0.3 is 14.7 Å². The number of nitrogens with zero attached hydrogens (tertiary/aromatic N) is 2. The monoisotopic (exact) mass is 472 g/mol. The molecular formula is C27H40N2O3S. The summed E-state index contributed by atoms with van der Waals surface area (Å²) in [4.78, 5) is 18.9. The highest BCUT2D eigenvalue weighted by atomic mass is 32.1. The molecule has 0 spiro atoms. The van der Waals surface area contributed by atoms with E-state index in [1.165, 1.54) is 16.0 Å². The molecule has 1 aliphatic heterocycles. The number of hydrogen-bond donors (Lipinski definition) is 1. The van der Waals surface area contributed by atoms with Gasteiger partial charge in [-0.25, -0.2) is 0 Å². The molecule has 1 amide bonds. The van der Waals surface area contributed by atoms with E-state index >= 15 is 0 Å². The standard InChI is InChI=1S/C27H40N2O3S/c1-5-7-22(30)17-28(14-6-2)18-27(31)29-15-12-26-24(13-16-33-26)25(29)19-32-23-10-8-21(9-11-23)20(3)4/h8-11,13,16,20,22,25,30H,5-7,12,14-15,17-19H2,1-4H3/t22-,25+/m1/s1. The number of amides is 1. The van der Waals surface area contributed by atoms with Gasteiger partial charge in [0, 0.05) is 18.0 Å². The number of aliphatic hydroxyl groups excluding tert-OH is 1. The van der Waals surface area contributed by atoms with Crippen LogP contribution in [0.3, 0.4) is 0 Å². The van der Waals surface area contributed by atoms with E-state index in [0.29, 0.717) is 32.2 Å². The van der Waals surface area contributed by atoms with Gasteiger partial charge in [-0.05, 0) is 66.4 Å². The van der Waals surface area contributed by atoms with Gasteiger partial charge in [0.2, 0.25) is 5.91 Å². The first-order chi connectivity index (χ1) is 15.9. The van der Waals surface area contributed by atoms with Crippen LogP contribution in [0.4, 0.5) is 0 Å². The van der Waals surface area contributed by atoms with E-state index in [2.05, 4.69) is 56.2 Å². The van der Waals surface area contributed by atoms with Crippen molar-refractivity contribution in [1.82, 2.24) is 9.80 Å². The summed E-state index contributed by atoms with van der Waals surface area (Å²) in [5.41, 5.74) is 2.50. The quantitative estimate of drug-likeness (QED) is 0.458. The van der Waals surface area contributed by atoms with E-state index in [-0.39, 0.29) is 18.1 Å². The second-order valence-electron chi connectivity index (χ2n) is 9.36. The van der Waals surface area contributed by atoms with Crippen molar-refractivity contribution in [1.29, 1.82) is 0 Å². The van der Waals surface area contributed by atoms with Crippen LogP contribution < -0.4 is 4.74 Å². The average Bonchev–Trinajstić information content (AvgIpc) is 3.27. The van der Waals surface area contributed by atoms with Gasteiger partial charge >= 0.3 is 0 Å². The summed E-state index contributed by atoms with van der Waals surface area (Å²) in [6.07, 6.45) is 3.18. The van der Waals surface area contributed by atoms with E-state index in [1.54, 1.807) is 11.3 Å². The van der Waals surface area contributed by atoms with Crippen molar-refractivity contribution in [2.24, 2.45) is 0 Å². The van der Waals surface area contributed by atoms with Crippen LogP contribution in [-0.4, -0.2) is 59.7 Å². The first-order valence-electron chi connectivity index (χ1n) is 12.4. The summed E-state index contributed by atoms with van der Waals surface area (Å²) >= 11 is 1.77. The lowest BCUT2D eigenvalue weighted by atomic mass is 10.00. The van der Waals surface area contributed by atoms with Crippen molar-refractivity contribution < 1.29 is 14.6 Å². The Labute approximate surface area is 203 Å². The highest BCUT2D eigenvalue weighted by Crippen LogP contribution is 2.34. The van der Waals surface area contributed by atoms with Crippen LogP contribution in [0, 0.1) is 0 Å². The molecule has 0 unspecified atom stereocenters. The van der Waals surface area contributed by atoms with Crippen LogP contribution in [0.2, 0.25) is 0 Å². The van der Waals surface area contributed by atoms with Crippen molar-refractivity contribution in [2.75, 3.05) is 32.8 Å². The van der Waals surface area contributed by atoms with E-state index < -0.39 is 0 Å². The van der Waals surface area contributed by atoms with Gasteiger partial charge in [-0.3, -0.25) is 9.69 Å². The molecule has 2 aromatic rings. The molecule has 182 valence electrons. The van der Waals surface area contributed by atoms with Gasteiger partial charge in [-0.2, -0.15) is 0 Å². The number of rotatable bonds is 12. The van der Waals surface area contributed by atoms with Gasteiger partial charge in [0.1, 0.15) is 12.4 Å². The number of aliphatic hydroxyl groups is 1. The molecule has 1 N–H and O–H groups in total. The Morgan fingerprint density at radius 3 is 2.64 bits per heavy atom. The SMILES string of the molecule is CCC[C@@H](O)CN(CCC)CC(=O)N1CCc2sccc2[C@@H]1COc1ccc(C(C)C)cc1. The number of hydrogen-bond acceptors (Lipinski definition) is 5. The van der Waals surface area contributed by atoms with Gasteiger partial charge in [0.05, 0.1) is 18.7 Å². The molecule has 1 aromatic carbocycles. The molecule has 0 fully saturated rings. The number of fused-ring (bicyclic) bond motifs is 1. The summed E-state index contributed by atoms with van der Waals surface area (Å²) in [6.45, 7) is 11.4. The van der Waals surface area contributed by atoms with E-state index in [4.69, 9.17) is 4.74 Å². The lowest BCUT2D eigenvalue weighted by Gasteiger charge is -2.37. The average molecular weight is 473 g/mol. The largest absolute Gasteiger partial charge is 0.491 e. The van der Waals surface area contributed by atoms with Gasteiger partial charge in [0.25, 0.3) is 0 Å². The second-order valence-corrected chi connectivity index (χ2v) is 10.4. The molecule has 2 atom stereocenters. The van der Waals surface area contributed by atoms with E-state index in [1.807, 2.05) is 17.0 Å². The maximum atomic E-state index is 13.4. The molecular weight excluding hydrogens is 432 g/mol. The predicted molar refractivity (Wildman–Crippen MR) is 136 cm³/mol. The summed E-state index contributed by atoms with van der Waals surface area (Å²) < 4.78 is 6.19. The molecule has 0 radical (unpaired) electrons. The summed E-state index contributed by atoms with van der Waals surface area (Å²) in [6, 6.07) is 10.3. The lowest BCUT2D eigenvalue weighted by molar-refractivity contribution is -0.136. The normalized spacial score (nSPS) is 16.8. The van der Waals surface area contributed by atoms with Crippen LogP contribution in [0.1, 0.15) is 74.9 Å². The molecule has 6 heteroatoms. The van der Waals surface area contributed by atoms with Gasteiger partial charge in [-0.15, -0.1) is 11.3 Å². The Bertz CT molecular complexity index is 865. The molecule has 5 nitrogen and oxygen atoms in total. The van der Waals surface area contributed by atoms with Crippen LogP contribution in [0.25, 0.3) is 0 Å². The maximum Gasteiger partial charge on any atom is 0.237 e. The summed E-state index contributed by atoms with van der Waals surface area (Å²) in [5, 5.41) is 12.4. The zero-order chi connectivity index (χ0) is 23.8. The third kappa shape index (κ3) is 7.05. The van der Waals surface area contributed by atoms with Gasteiger partial charge in [0.15, 0.2) is 0 Å². The number of benzene rings is 1. The fourth-order valence-electron chi connectivity index (χ4n) is 4.55. The highest BCUT2D eigenvalue weighted by Gasteiger charge is 2.33. The van der Waals surface area contributed by atoms with Crippen LogP contribution >= 0.6 is 11.3 Å². The summed E-state index contributed by atoms with van der Waals surface area (Å²) in [7, 11) is 0. The topological polar surface area (TPSA) is 53.0 Å². The van der Waals surface area contributed by atoms with Crippen molar-refractivity contribution in [2.45, 2.75) is 71.4 Å². The Kier molecular flexibility index (Phi) is 9.78. The highest BCUT2D eigenvalue weighted by molar-refractivity contribution is 7.10. The molecule has 0 aliphatic carbocycles. The first-order valence-corrected chi connectivity index (χ1v) is 13.3. The van der Waals surface area contributed by atoms with Crippen molar-refractivity contribution in [3.63, 3.8) is 0 Å². The predicted octanol–water partition coefficient (Wildman–Crippen LogP) is 5.25. The Morgan fingerprint density at radius 1 is 1.21 bits per heavy atom. The second kappa shape index (κ2) is 12.5. The molecule has 0 saturated carbocycles. The third-order valence-corrected chi connectivity index (χ3v) is 7.36. The lowest BCUT2D eigenvalue weighted by Crippen LogP contribution is -2.47. The smallest absolute Gasteiger partial charge is 0.237 e. The fourth-order valence-corrected chi connectivity index (χ4v) is 5.48. The number of carbonyl (C=O) groups is 1. The zero-order valence-corrected chi connectivity index (χ0v) is 21.4. The maximum absolute atomic E-state index is 13.4. The minimum atomic E-state index is -0.382. The molecule has 0 saturated heterocycles. The zero-order valence-electron chi connectivity index (χ0n) is 20.6. The molecule has 1 aliphatic rings. The Hall–Kier alpha value is -1.89. The Morgan fingerprint density at radius 2 is 1.97 bits per heavy atom. The molecule has 3 rings (SSSR count). The molecule has 33 heavy (non-hydrogen) atoms. The number of thiophene rings is 1. The minimum Gasteiger partial charge on any atom is -0.491 e. The number of ether oxygens (including phenoxy) is 1.